The predicted octanol–water partition coefficient (Wildman–Crippen LogP) is 2.79. The first-order valence-electron chi connectivity index (χ1n) is 6.60. The Morgan fingerprint density at radius 1 is 1.50 bits per heavy atom. The quantitative estimate of drug-likeness (QED) is 0.735. The normalized spacial score (nSPS) is 10.9. The molecule has 0 aliphatic carbocycles. The first kappa shape index (κ1) is 14.7. The topological polar surface area (TPSA) is 55.6 Å². The van der Waals surface area contributed by atoms with Crippen LogP contribution in [-0.4, -0.2) is 35.7 Å². The third-order valence-electron chi connectivity index (χ3n) is 2.81. The van der Waals surface area contributed by atoms with Gasteiger partial charge in [-0.2, -0.15) is 0 Å². The molecule has 0 aromatic carbocycles. The van der Waals surface area contributed by atoms with E-state index >= 15 is 0 Å². The van der Waals surface area contributed by atoms with Gasteiger partial charge in [-0.1, -0.05) is 18.1 Å². The van der Waals surface area contributed by atoms with E-state index in [1.165, 1.54) is 0 Å². The van der Waals surface area contributed by atoms with Crippen LogP contribution in [0.3, 0.4) is 0 Å². The van der Waals surface area contributed by atoms with Crippen LogP contribution in [0, 0.1) is 0 Å². The van der Waals surface area contributed by atoms with E-state index in [0.717, 1.165) is 22.9 Å². The van der Waals surface area contributed by atoms with Crippen LogP contribution in [0.2, 0.25) is 0 Å². The monoisotopic (exact) mass is 294 g/mol. The van der Waals surface area contributed by atoms with Gasteiger partial charge in [0.15, 0.2) is 5.76 Å². The molecule has 2 heterocycles. The molecule has 0 N–H and O–H groups in total. The number of carbonyl (C=O) groups is 1. The number of aromatic nitrogens is 1. The fourth-order valence-electron chi connectivity index (χ4n) is 1.82. The third kappa shape index (κ3) is 3.91. The van der Waals surface area contributed by atoms with Gasteiger partial charge in [0, 0.05) is 12.6 Å². The van der Waals surface area contributed by atoms with Crippen molar-refractivity contribution in [2.24, 2.45) is 0 Å². The van der Waals surface area contributed by atoms with Crippen molar-refractivity contribution in [3.8, 4) is 10.6 Å². The van der Waals surface area contributed by atoms with E-state index in [1.807, 2.05) is 35.4 Å². The summed E-state index contributed by atoms with van der Waals surface area (Å²) in [6, 6.07) is 5.88. The van der Waals surface area contributed by atoms with Crippen molar-refractivity contribution >= 4 is 17.3 Å². The summed E-state index contributed by atoms with van der Waals surface area (Å²) in [6.45, 7) is 5.80. The number of nitrogens with zero attached hydrogens (tertiary/aromatic N) is 2. The Bertz CT molecular complexity index is 536. The molecular formula is C14H18N2O3S. The van der Waals surface area contributed by atoms with Crippen molar-refractivity contribution in [2.75, 3.05) is 19.7 Å². The molecule has 0 spiro atoms. The molecule has 2 aromatic rings. The number of carbonyl (C=O) groups excluding carboxylic acids is 1. The highest BCUT2D eigenvalue weighted by Crippen LogP contribution is 2.25. The number of ether oxygens (including phenoxy) is 1. The molecule has 5 nitrogen and oxygen atoms in total. The number of esters is 1. The highest BCUT2D eigenvalue weighted by atomic mass is 32.1. The summed E-state index contributed by atoms with van der Waals surface area (Å²) in [5, 5.41) is 6.05. The fourth-order valence-corrected chi connectivity index (χ4v) is 2.49. The average Bonchev–Trinajstić information content (AvgIpc) is 3.08. The fraction of sp³-hybridized carbons (Fsp3) is 0.429. The number of likely N-dealkylation sites (N-methyl/N-ethyl adjacent to an activating group) is 1. The molecule has 0 aliphatic heterocycles. The largest absolute Gasteiger partial charge is 0.465 e. The van der Waals surface area contributed by atoms with E-state index in [1.54, 1.807) is 18.3 Å². The number of thiophene rings is 1. The third-order valence-corrected chi connectivity index (χ3v) is 3.70. The molecule has 20 heavy (non-hydrogen) atoms. The Kier molecular flexibility index (Phi) is 5.31. The van der Waals surface area contributed by atoms with Gasteiger partial charge in [-0.25, -0.2) is 0 Å². The Labute approximate surface area is 122 Å². The van der Waals surface area contributed by atoms with Crippen molar-refractivity contribution < 1.29 is 14.1 Å². The highest BCUT2D eigenvalue weighted by Gasteiger charge is 2.14. The van der Waals surface area contributed by atoms with Gasteiger partial charge in [0.1, 0.15) is 0 Å². The minimum absolute atomic E-state index is 0.212. The summed E-state index contributed by atoms with van der Waals surface area (Å²) in [7, 11) is 0. The summed E-state index contributed by atoms with van der Waals surface area (Å²) in [4.78, 5) is 14.5. The number of hydrogen-bond acceptors (Lipinski definition) is 6. The second-order valence-corrected chi connectivity index (χ2v) is 5.22. The lowest BCUT2D eigenvalue weighted by molar-refractivity contribution is -0.144. The number of rotatable bonds is 7. The van der Waals surface area contributed by atoms with Crippen molar-refractivity contribution in [3.05, 3.63) is 29.3 Å². The summed E-state index contributed by atoms with van der Waals surface area (Å²) in [5.74, 6) is 0.554. The van der Waals surface area contributed by atoms with Crippen molar-refractivity contribution in [3.63, 3.8) is 0 Å². The SMILES string of the molecule is CCOC(=O)CN(CC)Cc1cc(-c2cccs2)on1. The molecule has 0 saturated carbocycles. The van der Waals surface area contributed by atoms with Gasteiger partial charge >= 0.3 is 5.97 Å². The Morgan fingerprint density at radius 3 is 3.00 bits per heavy atom. The maximum Gasteiger partial charge on any atom is 0.320 e. The Balaban J connectivity index is 1.96. The van der Waals surface area contributed by atoms with E-state index in [0.29, 0.717) is 13.2 Å². The predicted molar refractivity (Wildman–Crippen MR) is 77.4 cm³/mol. The van der Waals surface area contributed by atoms with E-state index < -0.39 is 0 Å². The van der Waals surface area contributed by atoms with Crippen LogP contribution >= 0.6 is 11.3 Å². The Hall–Kier alpha value is -1.66. The summed E-state index contributed by atoms with van der Waals surface area (Å²) in [6.07, 6.45) is 0. The van der Waals surface area contributed by atoms with Crippen LogP contribution in [0.1, 0.15) is 19.5 Å². The van der Waals surface area contributed by atoms with Gasteiger partial charge in [0.05, 0.1) is 23.7 Å². The summed E-state index contributed by atoms with van der Waals surface area (Å²) >= 11 is 1.61. The molecule has 2 aromatic heterocycles. The second-order valence-electron chi connectivity index (χ2n) is 4.27. The lowest BCUT2D eigenvalue weighted by atomic mass is 10.3. The van der Waals surface area contributed by atoms with Gasteiger partial charge < -0.3 is 9.26 Å². The van der Waals surface area contributed by atoms with Crippen molar-refractivity contribution in [1.82, 2.24) is 10.1 Å². The zero-order valence-electron chi connectivity index (χ0n) is 11.7. The molecule has 0 bridgehead atoms. The first-order valence-corrected chi connectivity index (χ1v) is 7.48. The Morgan fingerprint density at radius 2 is 2.35 bits per heavy atom. The van der Waals surface area contributed by atoms with Gasteiger partial charge in [-0.15, -0.1) is 11.3 Å². The minimum atomic E-state index is -0.212. The molecule has 0 amide bonds. The average molecular weight is 294 g/mol. The molecule has 0 saturated heterocycles. The van der Waals surface area contributed by atoms with E-state index in [-0.39, 0.29) is 12.5 Å². The summed E-state index contributed by atoms with van der Waals surface area (Å²) < 4.78 is 10.3. The molecule has 0 aliphatic rings. The smallest absolute Gasteiger partial charge is 0.320 e. The van der Waals surface area contributed by atoms with Crippen LogP contribution in [0.25, 0.3) is 10.6 Å². The molecule has 6 heteroatoms. The highest BCUT2D eigenvalue weighted by molar-refractivity contribution is 7.13. The minimum Gasteiger partial charge on any atom is -0.465 e. The van der Waals surface area contributed by atoms with Gasteiger partial charge in [0.25, 0.3) is 0 Å². The molecular weight excluding hydrogens is 276 g/mol. The molecule has 0 atom stereocenters. The molecule has 108 valence electrons. The van der Waals surface area contributed by atoms with Gasteiger partial charge in [-0.3, -0.25) is 9.69 Å². The van der Waals surface area contributed by atoms with Crippen molar-refractivity contribution in [1.29, 1.82) is 0 Å². The molecule has 0 unspecified atom stereocenters. The first-order chi connectivity index (χ1) is 9.72. The molecule has 0 radical (unpaired) electrons. The second kappa shape index (κ2) is 7.21. The van der Waals surface area contributed by atoms with Crippen LogP contribution in [0.4, 0.5) is 0 Å². The van der Waals surface area contributed by atoms with E-state index in [2.05, 4.69) is 5.16 Å². The summed E-state index contributed by atoms with van der Waals surface area (Å²) in [5.41, 5.74) is 0.819. The maximum absolute atomic E-state index is 11.5. The lowest BCUT2D eigenvalue weighted by Crippen LogP contribution is -2.30. The lowest BCUT2D eigenvalue weighted by Gasteiger charge is -2.17. The van der Waals surface area contributed by atoms with E-state index in [9.17, 15) is 4.79 Å². The maximum atomic E-state index is 11.5. The van der Waals surface area contributed by atoms with Gasteiger partial charge in [0.2, 0.25) is 0 Å². The van der Waals surface area contributed by atoms with Gasteiger partial charge in [-0.05, 0) is 24.9 Å². The number of hydrogen-bond donors (Lipinski definition) is 0. The van der Waals surface area contributed by atoms with Crippen LogP contribution in [-0.2, 0) is 16.1 Å². The van der Waals surface area contributed by atoms with E-state index in [4.69, 9.17) is 9.26 Å². The zero-order valence-corrected chi connectivity index (χ0v) is 12.5. The molecule has 0 fully saturated rings. The van der Waals surface area contributed by atoms with Crippen LogP contribution in [0.5, 0.6) is 0 Å². The van der Waals surface area contributed by atoms with Crippen LogP contribution in [0.15, 0.2) is 28.1 Å². The molecule has 2 rings (SSSR count). The standard InChI is InChI=1S/C14H18N2O3S/c1-3-16(10-14(17)18-4-2)9-11-8-12(19-15-11)13-6-5-7-20-13/h5-8H,3-4,9-10H2,1-2H3. The van der Waals surface area contributed by atoms with Crippen molar-refractivity contribution in [2.45, 2.75) is 20.4 Å². The van der Waals surface area contributed by atoms with Crippen LogP contribution < -0.4 is 0 Å². The zero-order chi connectivity index (χ0) is 14.4.